The molecule has 0 aliphatic rings. The Labute approximate surface area is 125 Å². The molecule has 0 N–H and O–H groups in total. The Bertz CT molecular complexity index is 509. The smallest absolute Gasteiger partial charge is 0.311 e. The molecule has 1 atom stereocenters. The van der Waals surface area contributed by atoms with Gasteiger partial charge in [0.15, 0.2) is 0 Å². The van der Waals surface area contributed by atoms with Crippen molar-refractivity contribution >= 4 is 11.9 Å². The summed E-state index contributed by atoms with van der Waals surface area (Å²) in [5.74, 6) is -0.172. The first-order chi connectivity index (χ1) is 9.74. The number of hydrogen-bond donors (Lipinski definition) is 0. The Balaban J connectivity index is 2.87. The van der Waals surface area contributed by atoms with Gasteiger partial charge in [-0.25, -0.2) is 0 Å². The van der Waals surface area contributed by atoms with E-state index >= 15 is 0 Å². The highest BCUT2D eigenvalue weighted by molar-refractivity contribution is 5.75. The van der Waals surface area contributed by atoms with E-state index in [1.807, 2.05) is 20.8 Å². The lowest BCUT2D eigenvalue weighted by Gasteiger charge is -2.23. The number of benzene rings is 1. The maximum atomic E-state index is 12.0. The predicted molar refractivity (Wildman–Crippen MR) is 80.9 cm³/mol. The molecule has 21 heavy (non-hydrogen) atoms. The lowest BCUT2D eigenvalue weighted by atomic mass is 9.97. The number of ether oxygens (including phenoxy) is 2. The van der Waals surface area contributed by atoms with Crippen LogP contribution in [0.1, 0.15) is 45.8 Å². The van der Waals surface area contributed by atoms with Crippen LogP contribution in [0.2, 0.25) is 0 Å². The van der Waals surface area contributed by atoms with E-state index in [1.54, 1.807) is 30.3 Å². The average molecular weight is 290 g/mol. The molecular weight excluding hydrogens is 268 g/mol. The molecule has 0 bridgehead atoms. The van der Waals surface area contributed by atoms with E-state index in [-0.39, 0.29) is 18.0 Å². The molecule has 1 unspecified atom stereocenters. The van der Waals surface area contributed by atoms with Crippen molar-refractivity contribution in [3.8, 4) is 5.75 Å². The summed E-state index contributed by atoms with van der Waals surface area (Å²) in [5.41, 5.74) is 0.278. The van der Waals surface area contributed by atoms with Crippen LogP contribution in [0.4, 0.5) is 0 Å². The van der Waals surface area contributed by atoms with E-state index < -0.39 is 5.41 Å². The number of esters is 2. The SMILES string of the molecule is C=CCC(OC(=O)C(C)(C)C)c1ccc(OC(C)=O)cc1. The minimum atomic E-state index is -0.558. The van der Waals surface area contributed by atoms with Crippen LogP contribution in [0.25, 0.3) is 0 Å². The standard InChI is InChI=1S/C17H22O4/c1-6-7-15(21-16(19)17(3,4)5)13-8-10-14(11-9-13)20-12(2)18/h6,8-11,15H,1,7H2,2-5H3. The van der Waals surface area contributed by atoms with Crippen LogP contribution in [-0.2, 0) is 14.3 Å². The van der Waals surface area contributed by atoms with Gasteiger partial charge in [-0.05, 0) is 38.5 Å². The zero-order valence-electron chi connectivity index (χ0n) is 13.0. The zero-order chi connectivity index (χ0) is 16.0. The van der Waals surface area contributed by atoms with E-state index in [0.29, 0.717) is 12.2 Å². The Morgan fingerprint density at radius 2 is 1.81 bits per heavy atom. The first-order valence-corrected chi connectivity index (χ1v) is 6.84. The molecule has 4 nitrogen and oxygen atoms in total. The second kappa shape index (κ2) is 7.07. The van der Waals surface area contributed by atoms with Crippen LogP contribution >= 0.6 is 0 Å². The second-order valence-electron chi connectivity index (χ2n) is 5.83. The summed E-state index contributed by atoms with van der Waals surface area (Å²) in [5, 5.41) is 0. The molecule has 0 fully saturated rings. The second-order valence-corrected chi connectivity index (χ2v) is 5.83. The van der Waals surface area contributed by atoms with Gasteiger partial charge in [-0.2, -0.15) is 0 Å². The zero-order valence-corrected chi connectivity index (χ0v) is 13.0. The Kier molecular flexibility index (Phi) is 5.70. The fraction of sp³-hybridized carbons (Fsp3) is 0.412. The molecule has 1 rings (SSSR count). The third-order valence-corrected chi connectivity index (χ3v) is 2.76. The highest BCUT2D eigenvalue weighted by atomic mass is 16.5. The summed E-state index contributed by atoms with van der Waals surface area (Å²) in [4.78, 5) is 22.9. The molecule has 1 aromatic rings. The van der Waals surface area contributed by atoms with Gasteiger partial charge in [-0.1, -0.05) is 18.2 Å². The maximum Gasteiger partial charge on any atom is 0.311 e. The number of carbonyl (C=O) groups is 2. The molecule has 0 radical (unpaired) electrons. The van der Waals surface area contributed by atoms with Gasteiger partial charge in [-0.3, -0.25) is 9.59 Å². The van der Waals surface area contributed by atoms with Gasteiger partial charge in [0.05, 0.1) is 5.41 Å². The van der Waals surface area contributed by atoms with Gasteiger partial charge in [0.1, 0.15) is 11.9 Å². The van der Waals surface area contributed by atoms with Crippen LogP contribution in [0.5, 0.6) is 5.75 Å². The van der Waals surface area contributed by atoms with Gasteiger partial charge in [-0.15, -0.1) is 6.58 Å². The van der Waals surface area contributed by atoms with E-state index in [2.05, 4.69) is 6.58 Å². The first-order valence-electron chi connectivity index (χ1n) is 6.84. The van der Waals surface area contributed by atoms with Gasteiger partial charge in [0.25, 0.3) is 0 Å². The predicted octanol–water partition coefficient (Wildman–Crippen LogP) is 3.82. The molecule has 0 heterocycles. The number of rotatable bonds is 5. The quantitative estimate of drug-likeness (QED) is 0.470. The third-order valence-electron chi connectivity index (χ3n) is 2.76. The third kappa shape index (κ3) is 5.42. The van der Waals surface area contributed by atoms with Gasteiger partial charge < -0.3 is 9.47 Å². The van der Waals surface area contributed by atoms with Gasteiger partial charge in [0.2, 0.25) is 0 Å². The van der Waals surface area contributed by atoms with E-state index in [0.717, 1.165) is 5.56 Å². The van der Waals surface area contributed by atoms with Crippen molar-refractivity contribution in [3.63, 3.8) is 0 Å². The fourth-order valence-electron chi connectivity index (χ4n) is 1.63. The van der Waals surface area contributed by atoms with Crippen molar-refractivity contribution in [2.45, 2.75) is 40.2 Å². The molecule has 0 spiro atoms. The summed E-state index contributed by atoms with van der Waals surface area (Å²) in [6.07, 6.45) is 1.84. The lowest BCUT2D eigenvalue weighted by molar-refractivity contribution is -0.158. The van der Waals surface area contributed by atoms with Crippen LogP contribution in [0.15, 0.2) is 36.9 Å². The van der Waals surface area contributed by atoms with Crippen LogP contribution in [-0.4, -0.2) is 11.9 Å². The summed E-state index contributed by atoms with van der Waals surface area (Å²) in [6.45, 7) is 10.5. The largest absolute Gasteiger partial charge is 0.457 e. The van der Waals surface area contributed by atoms with Gasteiger partial charge >= 0.3 is 11.9 Å². The molecule has 4 heteroatoms. The minimum Gasteiger partial charge on any atom is -0.457 e. The molecule has 0 aliphatic carbocycles. The molecule has 0 aliphatic heterocycles. The van der Waals surface area contributed by atoms with E-state index in [4.69, 9.17) is 9.47 Å². The van der Waals surface area contributed by atoms with Crippen LogP contribution < -0.4 is 4.74 Å². The Morgan fingerprint density at radius 1 is 1.24 bits per heavy atom. The van der Waals surface area contributed by atoms with Crippen molar-refractivity contribution in [2.75, 3.05) is 0 Å². The first kappa shape index (κ1) is 17.0. The monoisotopic (exact) mass is 290 g/mol. The summed E-state index contributed by atoms with van der Waals surface area (Å²) >= 11 is 0. The normalized spacial score (nSPS) is 12.4. The molecule has 0 amide bonds. The number of carbonyl (C=O) groups excluding carboxylic acids is 2. The topological polar surface area (TPSA) is 52.6 Å². The molecule has 0 saturated carbocycles. The lowest BCUT2D eigenvalue weighted by Crippen LogP contribution is -2.24. The molecule has 0 aromatic heterocycles. The summed E-state index contributed by atoms with van der Waals surface area (Å²) < 4.78 is 10.5. The Hall–Kier alpha value is -2.10. The molecule has 0 saturated heterocycles. The van der Waals surface area contributed by atoms with E-state index in [1.165, 1.54) is 6.92 Å². The van der Waals surface area contributed by atoms with Crippen molar-refractivity contribution in [1.82, 2.24) is 0 Å². The summed E-state index contributed by atoms with van der Waals surface area (Å²) in [7, 11) is 0. The van der Waals surface area contributed by atoms with Crippen molar-refractivity contribution in [1.29, 1.82) is 0 Å². The molecule has 1 aromatic carbocycles. The van der Waals surface area contributed by atoms with Crippen LogP contribution in [0.3, 0.4) is 0 Å². The Morgan fingerprint density at radius 3 is 2.24 bits per heavy atom. The molecular formula is C17H22O4. The highest BCUT2D eigenvalue weighted by Crippen LogP contribution is 2.27. The van der Waals surface area contributed by atoms with Crippen molar-refractivity contribution < 1.29 is 19.1 Å². The minimum absolute atomic E-state index is 0.265. The van der Waals surface area contributed by atoms with Crippen molar-refractivity contribution in [2.24, 2.45) is 5.41 Å². The van der Waals surface area contributed by atoms with Crippen LogP contribution in [0, 0.1) is 5.41 Å². The highest BCUT2D eigenvalue weighted by Gasteiger charge is 2.26. The maximum absolute atomic E-state index is 12.0. The fourth-order valence-corrected chi connectivity index (χ4v) is 1.63. The average Bonchev–Trinajstić information content (AvgIpc) is 2.37. The number of hydrogen-bond acceptors (Lipinski definition) is 4. The van der Waals surface area contributed by atoms with Gasteiger partial charge in [0, 0.05) is 13.3 Å². The van der Waals surface area contributed by atoms with E-state index in [9.17, 15) is 9.59 Å². The van der Waals surface area contributed by atoms with Crippen molar-refractivity contribution in [3.05, 3.63) is 42.5 Å². The molecule has 114 valence electrons. The summed E-state index contributed by atoms with van der Waals surface area (Å²) in [6, 6.07) is 6.92.